The fourth-order valence-electron chi connectivity index (χ4n) is 3.63. The first-order chi connectivity index (χ1) is 15.0. The van der Waals surface area contributed by atoms with Crippen LogP contribution in [0.3, 0.4) is 0 Å². The van der Waals surface area contributed by atoms with Crippen molar-refractivity contribution in [1.29, 1.82) is 0 Å². The van der Waals surface area contributed by atoms with E-state index >= 15 is 0 Å². The number of morpholine rings is 1. The molecule has 1 heterocycles. The maximum atomic E-state index is 11.8. The highest BCUT2D eigenvalue weighted by atomic mass is 127. The summed E-state index contributed by atoms with van der Waals surface area (Å²) in [6, 6.07) is 16.1. The summed E-state index contributed by atoms with van der Waals surface area (Å²) in [5.74, 6) is 0.861. The van der Waals surface area contributed by atoms with Gasteiger partial charge in [-0.2, -0.15) is 0 Å². The number of aryl methyl sites for hydroxylation is 1. The van der Waals surface area contributed by atoms with E-state index in [4.69, 9.17) is 4.74 Å². The zero-order valence-corrected chi connectivity index (χ0v) is 21.6. The van der Waals surface area contributed by atoms with E-state index in [1.165, 1.54) is 11.1 Å². The average Bonchev–Trinajstić information content (AvgIpc) is 2.75. The third kappa shape index (κ3) is 7.37. The third-order valence-corrected chi connectivity index (χ3v) is 5.20. The summed E-state index contributed by atoms with van der Waals surface area (Å²) in [4.78, 5) is 18.5. The summed E-state index contributed by atoms with van der Waals surface area (Å²) < 4.78 is 6.04. The highest BCUT2D eigenvalue weighted by Crippen LogP contribution is 2.25. The molecular weight excluding hydrogens is 517 g/mol. The van der Waals surface area contributed by atoms with Gasteiger partial charge in [-0.1, -0.05) is 36.4 Å². The molecule has 174 valence electrons. The van der Waals surface area contributed by atoms with E-state index < -0.39 is 0 Å². The number of carbonyl (C=O) groups excluding carboxylic acids is 1. The number of benzene rings is 2. The molecule has 3 rings (SSSR count). The summed E-state index contributed by atoms with van der Waals surface area (Å²) in [6.45, 7) is 8.86. The van der Waals surface area contributed by atoms with E-state index in [0.29, 0.717) is 13.2 Å². The Hall–Kier alpha value is -2.33. The molecule has 0 radical (unpaired) electrons. The van der Waals surface area contributed by atoms with Crippen LogP contribution in [-0.4, -0.2) is 49.7 Å². The number of anilines is 1. The highest BCUT2D eigenvalue weighted by Gasteiger charge is 2.25. The number of guanidine groups is 1. The van der Waals surface area contributed by atoms with Gasteiger partial charge in [-0.3, -0.25) is 4.99 Å². The largest absolute Gasteiger partial charge is 0.370 e. The number of rotatable bonds is 5. The van der Waals surface area contributed by atoms with Crippen molar-refractivity contribution in [2.75, 3.05) is 32.1 Å². The SMILES string of the molecule is CN=C(NCc1ccc(NC(=O)NC(C)C)cc1)N1CCOC(c2ccccc2C)C1.I. The van der Waals surface area contributed by atoms with Crippen LogP contribution in [0.5, 0.6) is 0 Å². The minimum Gasteiger partial charge on any atom is -0.370 e. The quantitative estimate of drug-likeness (QED) is 0.295. The van der Waals surface area contributed by atoms with Gasteiger partial charge >= 0.3 is 6.03 Å². The summed E-state index contributed by atoms with van der Waals surface area (Å²) in [5, 5.41) is 9.10. The number of carbonyl (C=O) groups is 1. The van der Waals surface area contributed by atoms with Crippen molar-refractivity contribution in [3.8, 4) is 0 Å². The Morgan fingerprint density at radius 3 is 2.56 bits per heavy atom. The molecule has 1 atom stereocenters. The number of nitrogens with one attached hydrogen (secondary N) is 3. The molecule has 8 heteroatoms. The van der Waals surface area contributed by atoms with Crippen LogP contribution in [0.25, 0.3) is 0 Å². The van der Waals surface area contributed by atoms with Gasteiger partial charge in [0, 0.05) is 31.9 Å². The van der Waals surface area contributed by atoms with Crippen LogP contribution in [0.1, 0.15) is 36.6 Å². The fraction of sp³-hybridized carbons (Fsp3) is 0.417. The number of amides is 2. The summed E-state index contributed by atoms with van der Waals surface area (Å²) in [6.07, 6.45) is 0.0378. The van der Waals surface area contributed by atoms with Gasteiger partial charge in [0.05, 0.1) is 13.2 Å². The molecule has 0 bridgehead atoms. The molecule has 2 amide bonds. The number of urea groups is 1. The zero-order valence-electron chi connectivity index (χ0n) is 19.2. The molecule has 3 N–H and O–H groups in total. The standard InChI is InChI=1S/C24H33N5O2.HI/c1-17(2)27-24(30)28-20-11-9-19(10-12-20)15-26-23(25-4)29-13-14-31-22(16-29)21-8-6-5-7-18(21)3;/h5-12,17,22H,13-16H2,1-4H3,(H,25,26)(H2,27,28,30);1H. The molecule has 2 aromatic carbocycles. The predicted molar refractivity (Wildman–Crippen MR) is 141 cm³/mol. The molecule has 0 aliphatic carbocycles. The lowest BCUT2D eigenvalue weighted by atomic mass is 10.0. The number of halogens is 1. The second-order valence-corrected chi connectivity index (χ2v) is 8.01. The summed E-state index contributed by atoms with van der Waals surface area (Å²) in [7, 11) is 1.81. The number of ether oxygens (including phenoxy) is 1. The molecular formula is C24H34IN5O2. The molecule has 2 aromatic rings. The van der Waals surface area contributed by atoms with Crippen molar-refractivity contribution >= 4 is 41.7 Å². The van der Waals surface area contributed by atoms with Crippen molar-refractivity contribution in [2.45, 2.75) is 39.5 Å². The molecule has 7 nitrogen and oxygen atoms in total. The van der Waals surface area contributed by atoms with Gasteiger partial charge in [0.1, 0.15) is 6.10 Å². The Balaban J connectivity index is 0.00000363. The average molecular weight is 551 g/mol. The van der Waals surface area contributed by atoms with Crippen molar-refractivity contribution in [3.63, 3.8) is 0 Å². The molecule has 32 heavy (non-hydrogen) atoms. The van der Waals surface area contributed by atoms with Crippen LogP contribution >= 0.6 is 24.0 Å². The lowest BCUT2D eigenvalue weighted by Crippen LogP contribution is -2.48. The Morgan fingerprint density at radius 1 is 1.19 bits per heavy atom. The molecule has 0 saturated carbocycles. The maximum Gasteiger partial charge on any atom is 0.319 e. The van der Waals surface area contributed by atoms with Gasteiger partial charge in [-0.05, 0) is 49.6 Å². The third-order valence-electron chi connectivity index (χ3n) is 5.20. The van der Waals surface area contributed by atoms with Crippen molar-refractivity contribution in [2.24, 2.45) is 4.99 Å². The topological polar surface area (TPSA) is 78.0 Å². The second-order valence-electron chi connectivity index (χ2n) is 8.01. The Morgan fingerprint density at radius 2 is 1.91 bits per heavy atom. The zero-order chi connectivity index (χ0) is 22.2. The van der Waals surface area contributed by atoms with Gasteiger partial charge in [0.15, 0.2) is 5.96 Å². The minimum atomic E-state index is -0.197. The summed E-state index contributed by atoms with van der Waals surface area (Å²) in [5.41, 5.74) is 4.35. The van der Waals surface area contributed by atoms with Crippen LogP contribution < -0.4 is 16.0 Å². The van der Waals surface area contributed by atoms with E-state index in [9.17, 15) is 4.79 Å². The molecule has 1 fully saturated rings. The van der Waals surface area contributed by atoms with E-state index in [0.717, 1.165) is 30.3 Å². The van der Waals surface area contributed by atoms with E-state index in [1.807, 2.05) is 38.1 Å². The number of hydrogen-bond donors (Lipinski definition) is 3. The molecule has 0 spiro atoms. The first-order valence-electron chi connectivity index (χ1n) is 10.8. The lowest BCUT2D eigenvalue weighted by molar-refractivity contribution is -0.00833. The molecule has 1 aliphatic rings. The lowest BCUT2D eigenvalue weighted by Gasteiger charge is -2.35. The maximum absolute atomic E-state index is 11.8. The van der Waals surface area contributed by atoms with Gasteiger partial charge in [0.25, 0.3) is 0 Å². The second kappa shape index (κ2) is 12.6. The monoisotopic (exact) mass is 551 g/mol. The van der Waals surface area contributed by atoms with Crippen LogP contribution in [0.2, 0.25) is 0 Å². The predicted octanol–water partition coefficient (Wildman–Crippen LogP) is 4.29. The Labute approximate surface area is 208 Å². The number of aliphatic imine (C=N–C) groups is 1. The van der Waals surface area contributed by atoms with Crippen molar-refractivity contribution in [3.05, 3.63) is 65.2 Å². The minimum absolute atomic E-state index is 0. The first kappa shape index (κ1) is 25.9. The fourth-order valence-corrected chi connectivity index (χ4v) is 3.63. The normalized spacial score (nSPS) is 16.3. The summed E-state index contributed by atoms with van der Waals surface area (Å²) >= 11 is 0. The molecule has 1 saturated heterocycles. The van der Waals surface area contributed by atoms with Crippen molar-refractivity contribution < 1.29 is 9.53 Å². The molecule has 1 aliphatic heterocycles. The van der Waals surface area contributed by atoms with E-state index in [1.54, 1.807) is 7.05 Å². The van der Waals surface area contributed by atoms with Gasteiger partial charge in [-0.15, -0.1) is 24.0 Å². The highest BCUT2D eigenvalue weighted by molar-refractivity contribution is 14.0. The Bertz CT molecular complexity index is 902. The Kier molecular flexibility index (Phi) is 10.2. The number of hydrogen-bond acceptors (Lipinski definition) is 3. The van der Waals surface area contributed by atoms with Crippen molar-refractivity contribution in [1.82, 2.24) is 15.5 Å². The number of nitrogens with zero attached hydrogens (tertiary/aromatic N) is 2. The van der Waals surface area contributed by atoms with Gasteiger partial charge in [-0.25, -0.2) is 4.79 Å². The van der Waals surface area contributed by atoms with Gasteiger partial charge in [0.2, 0.25) is 0 Å². The van der Waals surface area contributed by atoms with Gasteiger partial charge < -0.3 is 25.6 Å². The smallest absolute Gasteiger partial charge is 0.319 e. The first-order valence-corrected chi connectivity index (χ1v) is 10.8. The van der Waals surface area contributed by atoms with E-state index in [-0.39, 0.29) is 42.2 Å². The van der Waals surface area contributed by atoms with Crippen LogP contribution in [0.4, 0.5) is 10.5 Å². The molecule has 1 unspecified atom stereocenters. The molecule has 0 aromatic heterocycles. The van der Waals surface area contributed by atoms with E-state index in [2.05, 4.69) is 57.0 Å². The van der Waals surface area contributed by atoms with Crippen LogP contribution in [0.15, 0.2) is 53.5 Å². The van der Waals surface area contributed by atoms with Crippen LogP contribution in [0, 0.1) is 6.92 Å². The van der Waals surface area contributed by atoms with Crippen LogP contribution in [-0.2, 0) is 11.3 Å².